The number of aryl methyl sites for hydroxylation is 1. The second-order valence-corrected chi connectivity index (χ2v) is 6.27. The number of aldehydes is 1. The third-order valence-corrected chi connectivity index (χ3v) is 4.47. The molecule has 0 saturated carbocycles. The molecule has 3 heterocycles. The quantitative estimate of drug-likeness (QED) is 0.432. The topological polar surface area (TPSA) is 34.6 Å². The van der Waals surface area contributed by atoms with Gasteiger partial charge in [0.25, 0.3) is 0 Å². The van der Waals surface area contributed by atoms with Crippen LogP contribution in [0.25, 0.3) is 27.8 Å². The van der Waals surface area contributed by atoms with Crippen molar-refractivity contribution in [2.45, 2.75) is 6.92 Å². The zero-order valence-electron chi connectivity index (χ0n) is 12.1. The molecule has 23 heavy (non-hydrogen) atoms. The Hall–Kier alpha value is -2.23. The van der Waals surface area contributed by atoms with Crippen LogP contribution in [-0.4, -0.2) is 10.7 Å². The molecule has 1 aromatic carbocycles. The first-order valence-corrected chi connectivity index (χ1v) is 7.79. The minimum absolute atomic E-state index is 0.450. The number of hydrogen-bond donors (Lipinski definition) is 0. The third kappa shape index (κ3) is 2.16. The van der Waals surface area contributed by atoms with Crippen molar-refractivity contribution in [3.63, 3.8) is 0 Å². The van der Waals surface area contributed by atoms with Crippen LogP contribution in [0.2, 0.25) is 10.0 Å². The van der Waals surface area contributed by atoms with E-state index in [0.717, 1.165) is 28.3 Å². The Morgan fingerprint density at radius 3 is 2.78 bits per heavy atom. The Morgan fingerprint density at radius 1 is 1.17 bits per heavy atom. The summed E-state index contributed by atoms with van der Waals surface area (Å²) >= 11 is 12.2. The van der Waals surface area contributed by atoms with E-state index in [2.05, 4.69) is 0 Å². The molecule has 0 aliphatic heterocycles. The van der Waals surface area contributed by atoms with E-state index < -0.39 is 0 Å². The number of nitrogens with zero attached hydrogens (tertiary/aromatic N) is 1. The zero-order valence-corrected chi connectivity index (χ0v) is 13.7. The summed E-state index contributed by atoms with van der Waals surface area (Å²) in [6.45, 7) is 2.00. The predicted molar refractivity (Wildman–Crippen MR) is 92.7 cm³/mol. The number of hydrogen-bond acceptors (Lipinski definition) is 2. The highest BCUT2D eigenvalue weighted by Gasteiger charge is 2.17. The highest BCUT2D eigenvalue weighted by molar-refractivity contribution is 6.38. The number of halogens is 2. The maximum atomic E-state index is 11.6. The highest BCUT2D eigenvalue weighted by atomic mass is 35.5. The van der Waals surface area contributed by atoms with Crippen LogP contribution in [0.4, 0.5) is 0 Å². The zero-order chi connectivity index (χ0) is 16.1. The second kappa shape index (κ2) is 5.15. The summed E-state index contributed by atoms with van der Waals surface area (Å²) in [5, 5.41) is 1.80. The Balaban J connectivity index is 2.04. The standard InChI is InChI=1S/C18H11Cl2NO2/c1-10-3-2-4-21-15(10)8-13(16(21)9-22)17-6-11-5-12(19)7-14(20)18(11)23-17/h2-9H,1H3. The van der Waals surface area contributed by atoms with Crippen molar-refractivity contribution in [1.29, 1.82) is 0 Å². The number of rotatable bonds is 2. The number of fused-ring (bicyclic) bond motifs is 2. The SMILES string of the molecule is Cc1cccn2c(C=O)c(-c3cc4cc(Cl)cc(Cl)c4o3)cc12. The highest BCUT2D eigenvalue weighted by Crippen LogP contribution is 2.36. The largest absolute Gasteiger partial charge is 0.454 e. The molecule has 114 valence electrons. The van der Waals surface area contributed by atoms with Crippen molar-refractivity contribution in [2.75, 3.05) is 0 Å². The fourth-order valence-electron chi connectivity index (χ4n) is 2.89. The minimum atomic E-state index is 0.450. The van der Waals surface area contributed by atoms with Gasteiger partial charge in [-0.3, -0.25) is 4.79 Å². The average molecular weight is 344 g/mol. The van der Waals surface area contributed by atoms with Crippen LogP contribution in [0.3, 0.4) is 0 Å². The third-order valence-electron chi connectivity index (χ3n) is 3.97. The fourth-order valence-corrected chi connectivity index (χ4v) is 3.44. The smallest absolute Gasteiger partial charge is 0.167 e. The summed E-state index contributed by atoms with van der Waals surface area (Å²) in [7, 11) is 0. The van der Waals surface area contributed by atoms with E-state index in [-0.39, 0.29) is 0 Å². The first-order valence-electron chi connectivity index (χ1n) is 7.03. The van der Waals surface area contributed by atoms with Crippen LogP contribution in [-0.2, 0) is 0 Å². The maximum Gasteiger partial charge on any atom is 0.167 e. The van der Waals surface area contributed by atoms with Gasteiger partial charge in [0.1, 0.15) is 5.76 Å². The van der Waals surface area contributed by atoms with Crippen LogP contribution in [0.1, 0.15) is 16.1 Å². The summed E-state index contributed by atoms with van der Waals surface area (Å²) in [6.07, 6.45) is 2.70. The van der Waals surface area contributed by atoms with E-state index in [1.165, 1.54) is 0 Å². The summed E-state index contributed by atoms with van der Waals surface area (Å²) in [6, 6.07) is 11.1. The Morgan fingerprint density at radius 2 is 2.00 bits per heavy atom. The molecule has 0 N–H and O–H groups in total. The lowest BCUT2D eigenvalue weighted by atomic mass is 10.1. The van der Waals surface area contributed by atoms with Crippen molar-refractivity contribution >= 4 is 46.0 Å². The van der Waals surface area contributed by atoms with E-state index in [4.69, 9.17) is 27.6 Å². The fraction of sp³-hybridized carbons (Fsp3) is 0.0556. The molecule has 5 heteroatoms. The normalized spacial score (nSPS) is 11.4. The van der Waals surface area contributed by atoms with Gasteiger partial charge in [-0.25, -0.2) is 0 Å². The molecule has 4 aromatic rings. The average Bonchev–Trinajstić information content (AvgIpc) is 3.08. The molecule has 0 fully saturated rings. The molecule has 0 saturated heterocycles. The van der Waals surface area contributed by atoms with E-state index in [1.54, 1.807) is 12.1 Å². The Bertz CT molecular complexity index is 1080. The van der Waals surface area contributed by atoms with Crippen LogP contribution < -0.4 is 0 Å². The first-order chi connectivity index (χ1) is 11.1. The molecule has 0 spiro atoms. The molecule has 3 nitrogen and oxygen atoms in total. The Labute approximate surface area is 142 Å². The summed E-state index contributed by atoms with van der Waals surface area (Å²) in [5.41, 5.74) is 3.89. The van der Waals surface area contributed by atoms with Crippen molar-refractivity contribution < 1.29 is 9.21 Å². The molecule has 0 unspecified atom stereocenters. The van der Waals surface area contributed by atoms with E-state index >= 15 is 0 Å². The lowest BCUT2D eigenvalue weighted by Gasteiger charge is -1.99. The second-order valence-electron chi connectivity index (χ2n) is 5.42. The lowest BCUT2D eigenvalue weighted by Crippen LogP contribution is -1.92. The van der Waals surface area contributed by atoms with Crippen molar-refractivity contribution in [1.82, 2.24) is 4.40 Å². The lowest BCUT2D eigenvalue weighted by molar-refractivity contribution is 0.111. The molecule has 0 radical (unpaired) electrons. The van der Waals surface area contributed by atoms with Gasteiger partial charge in [-0.15, -0.1) is 0 Å². The number of benzene rings is 1. The summed E-state index contributed by atoms with van der Waals surface area (Å²) in [5.74, 6) is 0.592. The van der Waals surface area contributed by atoms with Gasteiger partial charge in [-0.05, 0) is 42.8 Å². The van der Waals surface area contributed by atoms with Crippen molar-refractivity contribution in [3.05, 3.63) is 63.9 Å². The molecule has 3 aromatic heterocycles. The van der Waals surface area contributed by atoms with Crippen molar-refractivity contribution in [2.24, 2.45) is 0 Å². The minimum Gasteiger partial charge on any atom is -0.454 e. The van der Waals surface area contributed by atoms with E-state index in [9.17, 15) is 4.79 Å². The summed E-state index contributed by atoms with van der Waals surface area (Å²) in [4.78, 5) is 11.6. The van der Waals surface area contributed by atoms with Gasteiger partial charge in [-0.2, -0.15) is 0 Å². The van der Waals surface area contributed by atoms with Gasteiger partial charge in [0.2, 0.25) is 0 Å². The van der Waals surface area contributed by atoms with Crippen LogP contribution in [0.15, 0.2) is 47.0 Å². The van der Waals surface area contributed by atoms with E-state index in [0.29, 0.717) is 27.1 Å². The summed E-state index contributed by atoms with van der Waals surface area (Å²) < 4.78 is 7.75. The number of aromatic nitrogens is 1. The van der Waals surface area contributed by atoms with Gasteiger partial charge in [-0.1, -0.05) is 29.3 Å². The van der Waals surface area contributed by atoms with Crippen LogP contribution in [0.5, 0.6) is 0 Å². The van der Waals surface area contributed by atoms with Gasteiger partial charge in [0.15, 0.2) is 11.9 Å². The van der Waals surface area contributed by atoms with Gasteiger partial charge in [0, 0.05) is 27.7 Å². The van der Waals surface area contributed by atoms with Gasteiger partial charge in [0.05, 0.1) is 10.7 Å². The molecule has 0 atom stereocenters. The predicted octanol–water partition coefficient (Wildman–Crippen LogP) is 5.78. The molecule has 0 aliphatic carbocycles. The number of furan rings is 1. The molecule has 0 amide bonds. The van der Waals surface area contributed by atoms with Gasteiger partial charge < -0.3 is 8.82 Å². The number of carbonyl (C=O) groups is 1. The molecular formula is C18H11Cl2NO2. The number of carbonyl (C=O) groups excluding carboxylic acids is 1. The van der Waals surface area contributed by atoms with Crippen molar-refractivity contribution in [3.8, 4) is 11.3 Å². The molecular weight excluding hydrogens is 333 g/mol. The number of pyridine rings is 1. The first kappa shape index (κ1) is 14.4. The van der Waals surface area contributed by atoms with E-state index in [1.807, 2.05) is 41.8 Å². The van der Waals surface area contributed by atoms with Crippen LogP contribution in [0, 0.1) is 6.92 Å². The monoisotopic (exact) mass is 343 g/mol. The van der Waals surface area contributed by atoms with Gasteiger partial charge >= 0.3 is 0 Å². The van der Waals surface area contributed by atoms with Crippen LogP contribution >= 0.6 is 23.2 Å². The maximum absolute atomic E-state index is 11.6. The molecule has 0 bridgehead atoms. The Kier molecular flexibility index (Phi) is 3.22. The molecule has 4 rings (SSSR count). The molecule has 0 aliphatic rings.